The molecule has 1 N–H and O–H groups in total. The van der Waals surface area contributed by atoms with E-state index in [1.165, 1.54) is 0 Å². The first kappa shape index (κ1) is 37.5. The average Bonchev–Trinajstić information content (AvgIpc) is 2.86. The molecule has 0 aliphatic heterocycles. The molecule has 1 aliphatic carbocycles. The smallest absolute Gasteiger partial charge is 0.744 e. The minimum Gasteiger partial charge on any atom is -0.744 e. The van der Waals surface area contributed by atoms with Crippen molar-refractivity contribution in [1.29, 1.82) is 0 Å². The van der Waals surface area contributed by atoms with Crippen LogP contribution in [0, 0.1) is 0 Å². The number of hydrogen-bond acceptors (Lipinski definition) is 9. The Morgan fingerprint density at radius 2 is 1.33 bits per heavy atom. The number of benzene rings is 3. The predicted molar refractivity (Wildman–Crippen MR) is 152 cm³/mol. The monoisotopic (exact) mass is 663 g/mol. The van der Waals surface area contributed by atoms with Crippen molar-refractivity contribution in [2.24, 2.45) is 0 Å². The molecule has 3 aromatic rings. The van der Waals surface area contributed by atoms with Gasteiger partial charge in [-0.3, -0.25) is 4.55 Å². The van der Waals surface area contributed by atoms with Crippen LogP contribution in [-0.4, -0.2) is 77.4 Å². The summed E-state index contributed by atoms with van der Waals surface area (Å²) in [6.45, 7) is 0. The zero-order chi connectivity index (χ0) is 30.5. The van der Waals surface area contributed by atoms with Gasteiger partial charge in [-0.05, 0) is 59.2 Å². The summed E-state index contributed by atoms with van der Waals surface area (Å²) in [4.78, 5) is -0.799. The van der Waals surface area contributed by atoms with Gasteiger partial charge in [-0.15, -0.1) is 0 Å². The molecule has 43 heavy (non-hydrogen) atoms. The Bertz CT molecular complexity index is 2030. The summed E-state index contributed by atoms with van der Waals surface area (Å²) >= 11 is 0. The van der Waals surface area contributed by atoms with Gasteiger partial charge in [0.15, 0.2) is 5.71 Å². The van der Waals surface area contributed by atoms with Crippen molar-refractivity contribution in [2.45, 2.75) is 14.7 Å². The van der Waals surface area contributed by atoms with Gasteiger partial charge in [0, 0.05) is 48.3 Å². The van der Waals surface area contributed by atoms with Gasteiger partial charge in [0.05, 0.1) is 9.79 Å². The van der Waals surface area contributed by atoms with Crippen molar-refractivity contribution in [1.82, 2.24) is 0 Å². The van der Waals surface area contributed by atoms with Gasteiger partial charge in [-0.25, -0.2) is 21.4 Å². The minimum atomic E-state index is -5.45. The molecule has 0 amide bonds. The third kappa shape index (κ3) is 8.14. The van der Waals surface area contributed by atoms with E-state index in [1.807, 2.05) is 37.7 Å². The Kier molecular flexibility index (Phi) is 12.0. The molecule has 3 aromatic carbocycles. The Labute approximate surface area is 295 Å². The van der Waals surface area contributed by atoms with E-state index in [2.05, 4.69) is 0 Å². The van der Waals surface area contributed by atoms with Crippen LogP contribution in [0.1, 0.15) is 11.1 Å². The first-order valence-corrected chi connectivity index (χ1v) is 16.1. The van der Waals surface area contributed by atoms with Crippen LogP contribution in [0.4, 0.5) is 5.69 Å². The summed E-state index contributed by atoms with van der Waals surface area (Å²) in [6.07, 6.45) is 6.73. The van der Waals surface area contributed by atoms with Gasteiger partial charge in [0.2, 0.25) is 0 Å². The SMILES string of the molecule is CN(C)c1ccc(C(=C2C=CC(=[N+](C)C)C=C2)c2cc(S(=O)(=O)O)c3ccc(S(=O)(=O)[O-])cc3c2S(=O)(=O)[O-])cc1.[Na+].[Na+]. The van der Waals surface area contributed by atoms with E-state index in [4.69, 9.17) is 0 Å². The zero-order valence-electron chi connectivity index (χ0n) is 24.3. The number of nitrogens with zero attached hydrogens (tertiary/aromatic N) is 2. The standard InChI is InChI=1S/C27H26N2O9S3.2Na/c1-28(2)19-9-5-17(6-10-19)26(18-7-11-20(12-8-18)29(3)4)24-16-25(40(33,34)35)22-14-13-21(39(30,31)32)15-23(22)27(24)41(36,37)38;;/h5-16H,1-4H3,(H2-,30,31,32,33,34,35,36,37,38);;/q;2*+1/p-1. The second-order valence-electron chi connectivity index (χ2n) is 9.60. The molecule has 0 radical (unpaired) electrons. The number of hydrogen-bond donors (Lipinski definition) is 1. The largest absolute Gasteiger partial charge is 1.00 e. The summed E-state index contributed by atoms with van der Waals surface area (Å²) in [6, 6.07) is 9.85. The van der Waals surface area contributed by atoms with Gasteiger partial charge in [0.25, 0.3) is 10.1 Å². The molecule has 0 spiro atoms. The van der Waals surface area contributed by atoms with Crippen LogP contribution in [0.3, 0.4) is 0 Å². The molecule has 4 rings (SSSR count). The molecule has 11 nitrogen and oxygen atoms in total. The van der Waals surface area contributed by atoms with Crippen LogP contribution in [0.5, 0.6) is 0 Å². The molecular formula is C27H25N2Na2O9S3+. The quantitative estimate of drug-likeness (QED) is 0.159. The van der Waals surface area contributed by atoms with Gasteiger partial charge >= 0.3 is 59.1 Å². The minimum absolute atomic E-state index is 0. The molecule has 1 aliphatic rings. The summed E-state index contributed by atoms with van der Waals surface area (Å²) in [5, 5.41) is -1.10. The molecule has 0 atom stereocenters. The summed E-state index contributed by atoms with van der Waals surface area (Å²) < 4.78 is 111. The maximum atomic E-state index is 12.8. The predicted octanol–water partition coefficient (Wildman–Crippen LogP) is -3.39. The van der Waals surface area contributed by atoms with Gasteiger partial charge < -0.3 is 14.0 Å². The van der Waals surface area contributed by atoms with E-state index < -0.39 is 61.4 Å². The van der Waals surface area contributed by atoms with Gasteiger partial charge in [-0.2, -0.15) is 8.42 Å². The fourth-order valence-electron chi connectivity index (χ4n) is 4.50. The van der Waals surface area contributed by atoms with Crippen molar-refractivity contribution in [3.8, 4) is 0 Å². The van der Waals surface area contributed by atoms with Crippen molar-refractivity contribution < 1.29 is 103 Å². The molecule has 16 heteroatoms. The average molecular weight is 664 g/mol. The first-order valence-electron chi connectivity index (χ1n) is 11.8. The van der Waals surface area contributed by atoms with Crippen molar-refractivity contribution >= 4 is 58.1 Å². The molecule has 0 saturated heterocycles. The van der Waals surface area contributed by atoms with E-state index in [0.29, 0.717) is 17.2 Å². The fourth-order valence-corrected chi connectivity index (χ4v) is 6.59. The molecule has 0 saturated carbocycles. The number of anilines is 1. The number of fused-ring (bicyclic) bond motifs is 1. The fraction of sp³-hybridized carbons (Fsp3) is 0.148. The Morgan fingerprint density at radius 3 is 1.77 bits per heavy atom. The van der Waals surface area contributed by atoms with E-state index in [0.717, 1.165) is 29.6 Å². The van der Waals surface area contributed by atoms with Crippen LogP contribution < -0.4 is 64.0 Å². The summed E-state index contributed by atoms with van der Waals surface area (Å²) in [7, 11) is -8.40. The first-order chi connectivity index (χ1) is 18.9. The van der Waals surface area contributed by atoms with E-state index >= 15 is 0 Å². The Hall–Kier alpha value is -1.66. The summed E-state index contributed by atoms with van der Waals surface area (Å²) in [5.74, 6) is 0. The molecule has 216 valence electrons. The molecular weight excluding hydrogens is 638 g/mol. The van der Waals surface area contributed by atoms with Crippen LogP contribution >= 0.6 is 0 Å². The summed E-state index contributed by atoms with van der Waals surface area (Å²) in [5.41, 5.74) is 2.04. The number of rotatable bonds is 6. The molecule has 0 aromatic heterocycles. The van der Waals surface area contributed by atoms with E-state index in [-0.39, 0.29) is 64.7 Å². The van der Waals surface area contributed by atoms with Gasteiger partial charge in [-0.1, -0.05) is 18.2 Å². The molecule has 0 bridgehead atoms. The van der Waals surface area contributed by atoms with E-state index in [9.17, 15) is 38.9 Å². The molecule has 0 unspecified atom stereocenters. The normalized spacial score (nSPS) is 13.4. The second-order valence-corrected chi connectivity index (χ2v) is 13.7. The number of allylic oxidation sites excluding steroid dienone is 5. The van der Waals surface area contributed by atoms with Crippen LogP contribution in [-0.2, 0) is 30.4 Å². The van der Waals surface area contributed by atoms with Crippen molar-refractivity contribution in [3.63, 3.8) is 0 Å². The topological polar surface area (TPSA) is 175 Å². The second kappa shape index (κ2) is 13.8. The van der Waals surface area contributed by atoms with Crippen molar-refractivity contribution in [2.75, 3.05) is 33.1 Å². The van der Waals surface area contributed by atoms with Gasteiger partial charge in [0.1, 0.15) is 39.2 Å². The third-order valence-corrected chi connectivity index (χ3v) is 9.12. The zero-order valence-corrected chi connectivity index (χ0v) is 30.7. The van der Waals surface area contributed by atoms with Crippen molar-refractivity contribution in [3.05, 3.63) is 89.5 Å². The Balaban J connectivity index is 0.00000323. The third-order valence-electron chi connectivity index (χ3n) is 6.45. The molecule has 0 heterocycles. The van der Waals surface area contributed by atoms with E-state index in [1.54, 1.807) is 48.6 Å². The molecule has 0 fully saturated rings. The van der Waals surface area contributed by atoms with Crippen LogP contribution in [0.25, 0.3) is 16.3 Å². The van der Waals surface area contributed by atoms with Crippen LogP contribution in [0.2, 0.25) is 0 Å². The Morgan fingerprint density at radius 1 is 0.767 bits per heavy atom. The maximum Gasteiger partial charge on any atom is 1.00 e. The van der Waals surface area contributed by atoms with Crippen LogP contribution in [0.15, 0.2) is 93.1 Å². The maximum absolute atomic E-state index is 12.8.